The van der Waals surface area contributed by atoms with Crippen molar-refractivity contribution in [1.82, 2.24) is 10.2 Å². The number of benzene rings is 1. The number of nitrogens with zero attached hydrogens (tertiary/aromatic N) is 1. The van der Waals surface area contributed by atoms with E-state index in [2.05, 4.69) is 5.32 Å². The minimum absolute atomic E-state index is 0.0801. The molecule has 0 aromatic heterocycles. The molecule has 1 aromatic carbocycles. The van der Waals surface area contributed by atoms with Crippen molar-refractivity contribution in [3.8, 4) is 0 Å². The van der Waals surface area contributed by atoms with E-state index in [-0.39, 0.29) is 35.3 Å². The molecule has 2 unspecified atom stereocenters. The fourth-order valence-electron chi connectivity index (χ4n) is 3.25. The van der Waals surface area contributed by atoms with Crippen LogP contribution in [0.3, 0.4) is 0 Å². The summed E-state index contributed by atoms with van der Waals surface area (Å²) in [6.45, 7) is 0.421. The van der Waals surface area contributed by atoms with E-state index >= 15 is 0 Å². The van der Waals surface area contributed by atoms with E-state index in [0.717, 1.165) is 30.6 Å². The molecular weight excluding hydrogens is 296 g/mol. The Kier molecular flexibility index (Phi) is 4.17. The van der Waals surface area contributed by atoms with Gasteiger partial charge in [0, 0.05) is 25.1 Å². The molecule has 1 saturated carbocycles. The summed E-state index contributed by atoms with van der Waals surface area (Å²) in [5.41, 5.74) is 0.949. The Labute approximate surface area is 134 Å². The Morgan fingerprint density at radius 2 is 1.91 bits per heavy atom. The second-order valence-corrected chi connectivity index (χ2v) is 6.25. The Bertz CT molecular complexity index is 671. The van der Waals surface area contributed by atoms with Gasteiger partial charge >= 0.3 is 0 Å². The molecule has 1 aliphatic heterocycles. The van der Waals surface area contributed by atoms with Crippen LogP contribution in [0.4, 0.5) is 0 Å². The molecule has 6 heteroatoms. The number of carbonyl (C=O) groups is 3. The number of nitrogens with one attached hydrogen (secondary N) is 1. The Hall–Kier alpha value is -2.21. The van der Waals surface area contributed by atoms with Gasteiger partial charge in [0.25, 0.3) is 17.7 Å². The van der Waals surface area contributed by atoms with E-state index in [1.54, 1.807) is 6.07 Å². The van der Waals surface area contributed by atoms with Crippen LogP contribution in [0.5, 0.6) is 0 Å². The number of amides is 3. The molecule has 2 atom stereocenters. The molecule has 0 radical (unpaired) electrons. The van der Waals surface area contributed by atoms with Crippen molar-refractivity contribution in [3.05, 3.63) is 34.9 Å². The number of rotatable bonds is 3. The van der Waals surface area contributed by atoms with Gasteiger partial charge in [-0.3, -0.25) is 19.3 Å². The summed E-state index contributed by atoms with van der Waals surface area (Å²) in [7, 11) is 1.43. The van der Waals surface area contributed by atoms with Gasteiger partial charge in [0.1, 0.15) is 0 Å². The summed E-state index contributed by atoms with van der Waals surface area (Å²) in [5, 5.41) is 12.8. The maximum Gasteiger partial charge on any atom is 0.261 e. The zero-order valence-electron chi connectivity index (χ0n) is 13.0. The van der Waals surface area contributed by atoms with E-state index in [9.17, 15) is 19.5 Å². The molecule has 6 nitrogen and oxygen atoms in total. The minimum Gasteiger partial charge on any atom is -0.393 e. The third-order valence-corrected chi connectivity index (χ3v) is 4.75. The second-order valence-electron chi connectivity index (χ2n) is 6.25. The maximum absolute atomic E-state index is 12.3. The van der Waals surface area contributed by atoms with Gasteiger partial charge in [-0.1, -0.05) is 12.8 Å². The highest BCUT2D eigenvalue weighted by Crippen LogP contribution is 2.24. The van der Waals surface area contributed by atoms with Crippen LogP contribution < -0.4 is 5.32 Å². The summed E-state index contributed by atoms with van der Waals surface area (Å²) < 4.78 is 0. The number of fused-ring (bicyclic) bond motifs is 1. The van der Waals surface area contributed by atoms with Crippen LogP contribution in [0, 0.1) is 5.92 Å². The van der Waals surface area contributed by atoms with E-state index in [1.807, 2.05) is 0 Å². The number of hydrogen-bond donors (Lipinski definition) is 2. The van der Waals surface area contributed by atoms with E-state index in [1.165, 1.54) is 19.2 Å². The number of imide groups is 1. The van der Waals surface area contributed by atoms with Crippen molar-refractivity contribution in [2.75, 3.05) is 13.6 Å². The highest BCUT2D eigenvalue weighted by atomic mass is 16.3. The van der Waals surface area contributed by atoms with Crippen LogP contribution >= 0.6 is 0 Å². The van der Waals surface area contributed by atoms with Gasteiger partial charge < -0.3 is 10.4 Å². The quantitative estimate of drug-likeness (QED) is 0.820. The van der Waals surface area contributed by atoms with Gasteiger partial charge in [0.15, 0.2) is 0 Å². The molecule has 1 heterocycles. The molecule has 0 spiro atoms. The van der Waals surface area contributed by atoms with Crippen molar-refractivity contribution >= 4 is 17.7 Å². The molecule has 122 valence electrons. The molecule has 1 fully saturated rings. The minimum atomic E-state index is -0.387. The van der Waals surface area contributed by atoms with Crippen molar-refractivity contribution in [1.29, 1.82) is 0 Å². The molecular formula is C17H20N2O4. The zero-order chi connectivity index (χ0) is 16.6. The smallest absolute Gasteiger partial charge is 0.261 e. The van der Waals surface area contributed by atoms with Crippen LogP contribution in [-0.4, -0.2) is 47.4 Å². The van der Waals surface area contributed by atoms with Gasteiger partial charge in [-0.2, -0.15) is 0 Å². The van der Waals surface area contributed by atoms with E-state index < -0.39 is 0 Å². The third-order valence-electron chi connectivity index (χ3n) is 4.75. The van der Waals surface area contributed by atoms with Gasteiger partial charge in [-0.15, -0.1) is 0 Å². The monoisotopic (exact) mass is 316 g/mol. The normalized spacial score (nSPS) is 23.8. The van der Waals surface area contributed by atoms with Gasteiger partial charge in [-0.05, 0) is 31.0 Å². The summed E-state index contributed by atoms with van der Waals surface area (Å²) in [4.78, 5) is 37.1. The van der Waals surface area contributed by atoms with Crippen LogP contribution in [0.2, 0.25) is 0 Å². The molecule has 2 aliphatic rings. The zero-order valence-corrected chi connectivity index (χ0v) is 13.0. The molecule has 1 aromatic rings. The fourth-order valence-corrected chi connectivity index (χ4v) is 3.25. The second kappa shape index (κ2) is 6.12. The molecule has 3 rings (SSSR count). The number of aliphatic hydroxyl groups is 1. The Morgan fingerprint density at radius 1 is 1.22 bits per heavy atom. The topological polar surface area (TPSA) is 86.7 Å². The van der Waals surface area contributed by atoms with Gasteiger partial charge in [0.2, 0.25) is 0 Å². The largest absolute Gasteiger partial charge is 0.393 e. The van der Waals surface area contributed by atoms with Gasteiger partial charge in [-0.25, -0.2) is 0 Å². The first-order chi connectivity index (χ1) is 11.0. The fraction of sp³-hybridized carbons (Fsp3) is 0.471. The van der Waals surface area contributed by atoms with Crippen LogP contribution in [0.1, 0.15) is 56.8 Å². The first-order valence-corrected chi connectivity index (χ1v) is 7.91. The van der Waals surface area contributed by atoms with Crippen LogP contribution in [0.25, 0.3) is 0 Å². The molecule has 23 heavy (non-hydrogen) atoms. The van der Waals surface area contributed by atoms with Crippen molar-refractivity contribution in [2.45, 2.75) is 31.8 Å². The van der Waals surface area contributed by atoms with Crippen molar-refractivity contribution in [2.24, 2.45) is 5.92 Å². The van der Waals surface area contributed by atoms with Crippen LogP contribution in [0.15, 0.2) is 18.2 Å². The summed E-state index contributed by atoms with van der Waals surface area (Å²) in [6, 6.07) is 4.53. The SMILES string of the molecule is CN1C(=O)c2ccc(C(=O)NCC3CCCCC3O)cc2C1=O. The molecule has 1 aliphatic carbocycles. The maximum atomic E-state index is 12.3. The summed E-state index contributed by atoms with van der Waals surface area (Å²) in [6.07, 6.45) is 3.42. The predicted octanol–water partition coefficient (Wildman–Crippen LogP) is 1.19. The molecule has 0 saturated heterocycles. The van der Waals surface area contributed by atoms with Crippen molar-refractivity contribution in [3.63, 3.8) is 0 Å². The summed E-state index contributed by atoms with van der Waals surface area (Å²) >= 11 is 0. The highest BCUT2D eigenvalue weighted by molar-refractivity contribution is 6.21. The van der Waals surface area contributed by atoms with E-state index in [0.29, 0.717) is 17.7 Å². The number of hydrogen-bond acceptors (Lipinski definition) is 4. The van der Waals surface area contributed by atoms with Crippen LogP contribution in [-0.2, 0) is 0 Å². The standard InChI is InChI=1S/C17H20N2O4/c1-19-16(22)12-7-6-10(8-13(12)17(19)23)15(21)18-9-11-4-2-3-5-14(11)20/h6-8,11,14,20H,2-5,9H2,1H3,(H,18,21). The average molecular weight is 316 g/mol. The first-order valence-electron chi connectivity index (χ1n) is 7.91. The van der Waals surface area contributed by atoms with Crippen molar-refractivity contribution < 1.29 is 19.5 Å². The lowest BCUT2D eigenvalue weighted by Gasteiger charge is -2.27. The third kappa shape index (κ3) is 2.86. The lowest BCUT2D eigenvalue weighted by Crippen LogP contribution is -2.36. The molecule has 2 N–H and O–H groups in total. The predicted molar refractivity (Wildman–Crippen MR) is 83.2 cm³/mol. The highest BCUT2D eigenvalue weighted by Gasteiger charge is 2.33. The average Bonchev–Trinajstić information content (AvgIpc) is 2.78. The first kappa shape index (κ1) is 15.7. The van der Waals surface area contributed by atoms with E-state index in [4.69, 9.17) is 0 Å². The van der Waals surface area contributed by atoms with Gasteiger partial charge in [0.05, 0.1) is 17.2 Å². The number of carbonyl (C=O) groups excluding carboxylic acids is 3. The lowest BCUT2D eigenvalue weighted by atomic mass is 9.86. The Morgan fingerprint density at radius 3 is 2.65 bits per heavy atom. The summed E-state index contributed by atoms with van der Waals surface area (Å²) in [5.74, 6) is -0.943. The lowest BCUT2D eigenvalue weighted by molar-refractivity contribution is 0.0661. The molecule has 3 amide bonds. The molecule has 0 bridgehead atoms. The Balaban J connectivity index is 1.69. The number of aliphatic hydroxyl groups excluding tert-OH is 1.